The molecule has 1 aliphatic rings. The van der Waals surface area contributed by atoms with E-state index in [0.717, 1.165) is 22.3 Å². The molecule has 2 aromatic rings. The van der Waals surface area contributed by atoms with Gasteiger partial charge in [-0.1, -0.05) is 54.1 Å². The monoisotopic (exact) mass is 365 g/mol. The SMILES string of the molecule is CC(=O)N1CCC(C(=O)OCc2cc(C)ccc2C)(c2ccccc2)CC1. The van der Waals surface area contributed by atoms with Gasteiger partial charge in [0.05, 0.1) is 5.41 Å². The minimum atomic E-state index is -0.690. The Balaban J connectivity index is 1.82. The van der Waals surface area contributed by atoms with Crippen molar-refractivity contribution in [2.75, 3.05) is 13.1 Å². The average Bonchev–Trinajstić information content (AvgIpc) is 2.69. The van der Waals surface area contributed by atoms with Gasteiger partial charge in [-0.2, -0.15) is 0 Å². The van der Waals surface area contributed by atoms with Crippen LogP contribution in [0.1, 0.15) is 42.0 Å². The van der Waals surface area contributed by atoms with E-state index in [1.54, 1.807) is 11.8 Å². The van der Waals surface area contributed by atoms with Gasteiger partial charge in [0.2, 0.25) is 5.91 Å². The van der Waals surface area contributed by atoms with Gasteiger partial charge in [0.25, 0.3) is 0 Å². The summed E-state index contributed by atoms with van der Waals surface area (Å²) >= 11 is 0. The Morgan fingerprint density at radius 1 is 1.04 bits per heavy atom. The van der Waals surface area contributed by atoms with Crippen LogP contribution >= 0.6 is 0 Å². The summed E-state index contributed by atoms with van der Waals surface area (Å²) < 4.78 is 5.81. The molecule has 0 N–H and O–H groups in total. The zero-order valence-corrected chi connectivity index (χ0v) is 16.3. The van der Waals surface area contributed by atoms with E-state index in [2.05, 4.69) is 18.2 Å². The van der Waals surface area contributed by atoms with E-state index in [1.807, 2.05) is 44.2 Å². The fourth-order valence-electron chi connectivity index (χ4n) is 3.81. The van der Waals surface area contributed by atoms with Crippen LogP contribution in [-0.2, 0) is 26.3 Å². The standard InChI is InChI=1S/C23H27NO3/c1-17-9-10-18(2)20(15-17)16-27-22(26)23(21-7-5-4-6-8-21)11-13-24(14-12-23)19(3)25/h4-10,15H,11-14,16H2,1-3H3. The van der Waals surface area contributed by atoms with Crippen molar-refractivity contribution in [2.24, 2.45) is 0 Å². The second-order valence-corrected chi connectivity index (χ2v) is 7.46. The molecule has 0 spiro atoms. The predicted molar refractivity (Wildman–Crippen MR) is 105 cm³/mol. The molecule has 4 heteroatoms. The van der Waals surface area contributed by atoms with E-state index < -0.39 is 5.41 Å². The van der Waals surface area contributed by atoms with Crippen LogP contribution in [0.25, 0.3) is 0 Å². The Labute approximate surface area is 161 Å². The van der Waals surface area contributed by atoms with Crippen molar-refractivity contribution >= 4 is 11.9 Å². The molecule has 0 aliphatic carbocycles. The van der Waals surface area contributed by atoms with Crippen LogP contribution in [0.2, 0.25) is 0 Å². The van der Waals surface area contributed by atoms with E-state index in [-0.39, 0.29) is 18.5 Å². The number of nitrogens with zero attached hydrogens (tertiary/aromatic N) is 1. The second kappa shape index (κ2) is 7.95. The van der Waals surface area contributed by atoms with E-state index >= 15 is 0 Å². The summed E-state index contributed by atoms with van der Waals surface area (Å²) in [4.78, 5) is 26.8. The van der Waals surface area contributed by atoms with Crippen LogP contribution in [0.4, 0.5) is 0 Å². The third-order valence-corrected chi connectivity index (χ3v) is 5.64. The smallest absolute Gasteiger partial charge is 0.317 e. The molecule has 0 unspecified atom stereocenters. The van der Waals surface area contributed by atoms with Crippen molar-refractivity contribution in [2.45, 2.75) is 45.6 Å². The van der Waals surface area contributed by atoms with Gasteiger partial charge in [-0.05, 0) is 43.4 Å². The van der Waals surface area contributed by atoms with Gasteiger partial charge in [-0.25, -0.2) is 0 Å². The Bertz CT molecular complexity index is 821. The molecule has 4 nitrogen and oxygen atoms in total. The molecule has 0 radical (unpaired) electrons. The lowest BCUT2D eigenvalue weighted by Crippen LogP contribution is -2.49. The summed E-state index contributed by atoms with van der Waals surface area (Å²) in [5, 5.41) is 0. The van der Waals surface area contributed by atoms with Crippen molar-refractivity contribution < 1.29 is 14.3 Å². The van der Waals surface area contributed by atoms with Gasteiger partial charge in [-0.15, -0.1) is 0 Å². The maximum atomic E-state index is 13.2. The Kier molecular flexibility index (Phi) is 5.64. The van der Waals surface area contributed by atoms with Crippen LogP contribution in [-0.4, -0.2) is 29.9 Å². The van der Waals surface area contributed by atoms with Crippen LogP contribution in [0, 0.1) is 13.8 Å². The lowest BCUT2D eigenvalue weighted by atomic mass is 9.72. The number of rotatable bonds is 4. The fourth-order valence-corrected chi connectivity index (χ4v) is 3.81. The number of hydrogen-bond donors (Lipinski definition) is 0. The first-order valence-corrected chi connectivity index (χ1v) is 9.47. The topological polar surface area (TPSA) is 46.6 Å². The van der Waals surface area contributed by atoms with Crippen molar-refractivity contribution in [3.8, 4) is 0 Å². The first-order chi connectivity index (χ1) is 12.9. The summed E-state index contributed by atoms with van der Waals surface area (Å²) in [6.07, 6.45) is 1.17. The highest BCUT2D eigenvalue weighted by Gasteiger charge is 2.44. The molecular weight excluding hydrogens is 338 g/mol. The summed E-state index contributed by atoms with van der Waals surface area (Å²) in [6, 6.07) is 16.0. The molecule has 1 amide bonds. The third-order valence-electron chi connectivity index (χ3n) is 5.64. The number of piperidine rings is 1. The molecule has 2 aromatic carbocycles. The molecule has 142 valence electrons. The third kappa shape index (κ3) is 4.05. The van der Waals surface area contributed by atoms with E-state index in [9.17, 15) is 9.59 Å². The highest BCUT2D eigenvalue weighted by atomic mass is 16.5. The highest BCUT2D eigenvalue weighted by Crippen LogP contribution is 2.37. The van der Waals surface area contributed by atoms with Crippen molar-refractivity contribution in [3.63, 3.8) is 0 Å². The molecule has 1 heterocycles. The van der Waals surface area contributed by atoms with Crippen LogP contribution in [0.3, 0.4) is 0 Å². The summed E-state index contributed by atoms with van der Waals surface area (Å²) in [6.45, 7) is 7.06. The number of hydrogen-bond acceptors (Lipinski definition) is 3. The molecule has 0 atom stereocenters. The lowest BCUT2D eigenvalue weighted by molar-refractivity contribution is -0.155. The highest BCUT2D eigenvalue weighted by molar-refractivity contribution is 5.84. The van der Waals surface area contributed by atoms with Crippen molar-refractivity contribution in [1.29, 1.82) is 0 Å². The number of carbonyl (C=O) groups excluding carboxylic acids is 2. The van der Waals surface area contributed by atoms with Crippen LogP contribution < -0.4 is 0 Å². The zero-order chi connectivity index (χ0) is 19.4. The summed E-state index contributed by atoms with van der Waals surface area (Å²) in [5.41, 5.74) is 3.59. The molecule has 3 rings (SSSR count). The van der Waals surface area contributed by atoms with Crippen LogP contribution in [0.5, 0.6) is 0 Å². The zero-order valence-electron chi connectivity index (χ0n) is 16.3. The van der Waals surface area contributed by atoms with Gasteiger partial charge in [-0.3, -0.25) is 9.59 Å². The summed E-state index contributed by atoms with van der Waals surface area (Å²) in [5.74, 6) is -0.141. The van der Waals surface area contributed by atoms with Crippen molar-refractivity contribution in [1.82, 2.24) is 4.90 Å². The first-order valence-electron chi connectivity index (χ1n) is 9.47. The number of carbonyl (C=O) groups is 2. The van der Waals surface area contributed by atoms with E-state index in [0.29, 0.717) is 25.9 Å². The number of amides is 1. The fraction of sp³-hybridized carbons (Fsp3) is 0.391. The number of aryl methyl sites for hydroxylation is 2. The Hall–Kier alpha value is -2.62. The number of ether oxygens (including phenoxy) is 1. The van der Waals surface area contributed by atoms with Crippen molar-refractivity contribution in [3.05, 3.63) is 70.8 Å². The molecular formula is C23H27NO3. The molecule has 0 bridgehead atoms. The Morgan fingerprint density at radius 3 is 2.33 bits per heavy atom. The molecule has 1 saturated heterocycles. The lowest BCUT2D eigenvalue weighted by Gasteiger charge is -2.40. The second-order valence-electron chi connectivity index (χ2n) is 7.46. The van der Waals surface area contributed by atoms with Gasteiger partial charge in [0.15, 0.2) is 0 Å². The van der Waals surface area contributed by atoms with Gasteiger partial charge in [0.1, 0.15) is 6.61 Å². The normalized spacial score (nSPS) is 16.0. The minimum absolute atomic E-state index is 0.0559. The molecule has 0 aromatic heterocycles. The van der Waals surface area contributed by atoms with Gasteiger partial charge in [0, 0.05) is 20.0 Å². The summed E-state index contributed by atoms with van der Waals surface area (Å²) in [7, 11) is 0. The minimum Gasteiger partial charge on any atom is -0.460 e. The number of esters is 1. The molecule has 1 fully saturated rings. The molecule has 1 aliphatic heterocycles. The predicted octanol–water partition coefficient (Wildman–Crippen LogP) is 3.93. The van der Waals surface area contributed by atoms with Gasteiger partial charge < -0.3 is 9.64 Å². The molecule has 27 heavy (non-hydrogen) atoms. The number of likely N-dealkylation sites (tertiary alicyclic amines) is 1. The molecule has 0 saturated carbocycles. The van der Waals surface area contributed by atoms with Crippen LogP contribution in [0.15, 0.2) is 48.5 Å². The first kappa shape index (κ1) is 19.2. The van der Waals surface area contributed by atoms with E-state index in [4.69, 9.17) is 4.74 Å². The quantitative estimate of drug-likeness (QED) is 0.772. The Morgan fingerprint density at radius 2 is 1.70 bits per heavy atom. The maximum absolute atomic E-state index is 13.2. The average molecular weight is 365 g/mol. The van der Waals surface area contributed by atoms with E-state index in [1.165, 1.54) is 0 Å². The van der Waals surface area contributed by atoms with Gasteiger partial charge >= 0.3 is 5.97 Å². The maximum Gasteiger partial charge on any atom is 0.317 e. The largest absolute Gasteiger partial charge is 0.460 e. The number of benzene rings is 2.